The molecule has 25 heavy (non-hydrogen) atoms. The molecule has 1 aromatic carbocycles. The average molecular weight is 343 g/mol. The summed E-state index contributed by atoms with van der Waals surface area (Å²) in [5, 5.41) is 3.39. The van der Waals surface area contributed by atoms with E-state index in [1.54, 1.807) is 0 Å². The number of hydrogen-bond donors (Lipinski definition) is 1. The van der Waals surface area contributed by atoms with Crippen LogP contribution in [0.5, 0.6) is 11.5 Å². The van der Waals surface area contributed by atoms with Crippen molar-refractivity contribution in [1.29, 1.82) is 0 Å². The van der Waals surface area contributed by atoms with Crippen LogP contribution in [-0.2, 0) is 10.2 Å². The van der Waals surface area contributed by atoms with Gasteiger partial charge in [0.25, 0.3) is 0 Å². The van der Waals surface area contributed by atoms with Crippen LogP contribution in [0.25, 0.3) is 0 Å². The average Bonchev–Trinajstić information content (AvgIpc) is 3.14. The van der Waals surface area contributed by atoms with E-state index in [0.29, 0.717) is 19.3 Å². The largest absolute Gasteiger partial charge is 0.486 e. The molecule has 0 atom stereocenters. The van der Waals surface area contributed by atoms with Crippen molar-refractivity contribution < 1.29 is 14.3 Å². The lowest BCUT2D eigenvalue weighted by molar-refractivity contribution is -0.127. The number of amides is 1. The van der Waals surface area contributed by atoms with Gasteiger partial charge in [0.05, 0.1) is 5.41 Å². The molecular weight excluding hydrogens is 314 g/mol. The lowest BCUT2D eigenvalue weighted by Gasteiger charge is -2.34. The summed E-state index contributed by atoms with van der Waals surface area (Å²) in [6, 6.07) is 6.43. The molecule has 4 rings (SSSR count). The van der Waals surface area contributed by atoms with E-state index in [4.69, 9.17) is 9.47 Å². The zero-order valence-electron chi connectivity index (χ0n) is 15.2. The Bertz CT molecular complexity index is 628. The zero-order valence-corrected chi connectivity index (χ0v) is 15.2. The van der Waals surface area contributed by atoms with E-state index in [1.807, 2.05) is 12.1 Å². The highest BCUT2D eigenvalue weighted by molar-refractivity contribution is 5.89. The van der Waals surface area contributed by atoms with Crippen LogP contribution in [0.15, 0.2) is 18.2 Å². The molecular formula is C21H29NO3. The summed E-state index contributed by atoms with van der Waals surface area (Å²) < 4.78 is 11.4. The van der Waals surface area contributed by atoms with Gasteiger partial charge in [-0.25, -0.2) is 0 Å². The number of rotatable bonds is 3. The predicted octanol–water partition coefficient (Wildman–Crippen LogP) is 3.96. The second-order valence-electron chi connectivity index (χ2n) is 8.08. The second-order valence-corrected chi connectivity index (χ2v) is 8.08. The highest BCUT2D eigenvalue weighted by atomic mass is 16.6. The van der Waals surface area contributed by atoms with Crippen LogP contribution >= 0.6 is 0 Å². The molecule has 3 aliphatic rings. The molecule has 0 aromatic heterocycles. The minimum absolute atomic E-state index is 0.223. The van der Waals surface area contributed by atoms with E-state index in [9.17, 15) is 4.79 Å². The Morgan fingerprint density at radius 2 is 1.72 bits per heavy atom. The number of nitrogens with one attached hydrogen (secondary N) is 1. The van der Waals surface area contributed by atoms with Gasteiger partial charge in [0, 0.05) is 6.04 Å². The lowest BCUT2D eigenvalue weighted by atomic mass is 9.77. The summed E-state index contributed by atoms with van der Waals surface area (Å²) >= 11 is 0. The molecule has 0 saturated heterocycles. The van der Waals surface area contributed by atoms with Crippen molar-refractivity contribution in [3.63, 3.8) is 0 Å². The molecule has 2 fully saturated rings. The Kier molecular flexibility index (Phi) is 4.61. The first-order valence-corrected chi connectivity index (χ1v) is 9.88. The van der Waals surface area contributed by atoms with E-state index in [1.165, 1.54) is 12.8 Å². The Morgan fingerprint density at radius 1 is 1.04 bits per heavy atom. The number of fused-ring (bicyclic) bond motifs is 1. The topological polar surface area (TPSA) is 47.6 Å². The quantitative estimate of drug-likeness (QED) is 0.903. The van der Waals surface area contributed by atoms with Crippen LogP contribution in [0.2, 0.25) is 0 Å². The highest BCUT2D eigenvalue weighted by Gasteiger charge is 2.44. The van der Waals surface area contributed by atoms with E-state index in [2.05, 4.69) is 18.3 Å². The third-order valence-corrected chi connectivity index (χ3v) is 6.34. The third-order valence-electron chi connectivity index (χ3n) is 6.34. The van der Waals surface area contributed by atoms with Crippen molar-refractivity contribution in [3.05, 3.63) is 23.8 Å². The fourth-order valence-corrected chi connectivity index (χ4v) is 4.69. The van der Waals surface area contributed by atoms with Gasteiger partial charge in [-0.15, -0.1) is 0 Å². The Labute approximate surface area is 150 Å². The van der Waals surface area contributed by atoms with Crippen LogP contribution in [0.4, 0.5) is 0 Å². The number of carbonyl (C=O) groups excluding carboxylic acids is 1. The normalized spacial score (nSPS) is 27.7. The number of carbonyl (C=O) groups is 1. The van der Waals surface area contributed by atoms with Crippen LogP contribution in [-0.4, -0.2) is 25.2 Å². The molecule has 1 amide bonds. The summed E-state index contributed by atoms with van der Waals surface area (Å²) in [6.45, 7) is 3.49. The molecule has 4 heteroatoms. The maximum atomic E-state index is 13.3. The fraction of sp³-hybridized carbons (Fsp3) is 0.667. The zero-order chi connectivity index (χ0) is 17.3. The van der Waals surface area contributed by atoms with E-state index in [-0.39, 0.29) is 11.3 Å². The van der Waals surface area contributed by atoms with Crippen molar-refractivity contribution in [2.45, 2.75) is 69.7 Å². The lowest BCUT2D eigenvalue weighted by Crippen LogP contribution is -2.47. The summed E-state index contributed by atoms with van der Waals surface area (Å²) in [5.74, 6) is 2.60. The maximum absolute atomic E-state index is 13.3. The first kappa shape index (κ1) is 16.7. The predicted molar refractivity (Wildman–Crippen MR) is 97.1 cm³/mol. The van der Waals surface area contributed by atoms with Gasteiger partial charge < -0.3 is 14.8 Å². The van der Waals surface area contributed by atoms with E-state index >= 15 is 0 Å². The Hall–Kier alpha value is -1.71. The Balaban J connectivity index is 1.56. The highest BCUT2D eigenvalue weighted by Crippen LogP contribution is 2.44. The maximum Gasteiger partial charge on any atom is 0.230 e. The number of hydrogen-bond acceptors (Lipinski definition) is 3. The minimum Gasteiger partial charge on any atom is -0.486 e. The molecule has 1 N–H and O–H groups in total. The van der Waals surface area contributed by atoms with Crippen molar-refractivity contribution in [1.82, 2.24) is 5.32 Å². The van der Waals surface area contributed by atoms with Crippen LogP contribution in [0.3, 0.4) is 0 Å². The molecule has 0 unspecified atom stereocenters. The van der Waals surface area contributed by atoms with Gasteiger partial charge in [0.2, 0.25) is 5.91 Å². The summed E-state index contributed by atoms with van der Waals surface area (Å²) in [5.41, 5.74) is 0.703. The second kappa shape index (κ2) is 6.89. The molecule has 0 spiro atoms. The minimum atomic E-state index is -0.390. The summed E-state index contributed by atoms with van der Waals surface area (Å²) in [7, 11) is 0. The van der Waals surface area contributed by atoms with Crippen molar-refractivity contribution in [2.24, 2.45) is 5.92 Å². The van der Waals surface area contributed by atoms with Gasteiger partial charge in [0.15, 0.2) is 11.5 Å². The van der Waals surface area contributed by atoms with Crippen LogP contribution < -0.4 is 14.8 Å². The SMILES string of the molecule is CC1CCC(NC(=O)C2(c3ccc4c(c3)OCCO4)CCCC2)CC1. The molecule has 1 aliphatic heterocycles. The van der Waals surface area contributed by atoms with Crippen LogP contribution in [0.1, 0.15) is 63.9 Å². The molecule has 2 saturated carbocycles. The summed E-state index contributed by atoms with van der Waals surface area (Å²) in [4.78, 5) is 13.3. The first-order chi connectivity index (χ1) is 12.2. The van der Waals surface area contributed by atoms with E-state index < -0.39 is 0 Å². The summed E-state index contributed by atoms with van der Waals surface area (Å²) in [6.07, 6.45) is 8.77. The smallest absolute Gasteiger partial charge is 0.230 e. The number of ether oxygens (including phenoxy) is 2. The van der Waals surface area contributed by atoms with Gasteiger partial charge >= 0.3 is 0 Å². The van der Waals surface area contributed by atoms with E-state index in [0.717, 1.165) is 61.5 Å². The molecule has 1 heterocycles. The number of benzene rings is 1. The van der Waals surface area contributed by atoms with Crippen molar-refractivity contribution >= 4 is 5.91 Å². The molecule has 0 bridgehead atoms. The molecule has 2 aliphatic carbocycles. The standard InChI is InChI=1S/C21H29NO3/c1-15-4-7-17(8-5-15)22-20(23)21(10-2-3-11-21)16-6-9-18-19(14-16)25-13-12-24-18/h6,9,14-15,17H,2-5,7-8,10-13H2,1H3,(H,22,23). The molecule has 136 valence electrons. The molecule has 0 radical (unpaired) electrons. The van der Waals surface area contributed by atoms with Gasteiger partial charge in [-0.05, 0) is 62.1 Å². The third kappa shape index (κ3) is 3.23. The van der Waals surface area contributed by atoms with Crippen LogP contribution in [0, 0.1) is 5.92 Å². The van der Waals surface area contributed by atoms with Gasteiger partial charge in [-0.1, -0.05) is 25.8 Å². The fourth-order valence-electron chi connectivity index (χ4n) is 4.69. The van der Waals surface area contributed by atoms with Gasteiger partial charge in [0.1, 0.15) is 13.2 Å². The first-order valence-electron chi connectivity index (χ1n) is 9.88. The monoisotopic (exact) mass is 343 g/mol. The Morgan fingerprint density at radius 3 is 2.44 bits per heavy atom. The van der Waals surface area contributed by atoms with Gasteiger partial charge in [-0.2, -0.15) is 0 Å². The van der Waals surface area contributed by atoms with Crippen molar-refractivity contribution in [2.75, 3.05) is 13.2 Å². The molecule has 4 nitrogen and oxygen atoms in total. The van der Waals surface area contributed by atoms with Crippen molar-refractivity contribution in [3.8, 4) is 11.5 Å². The molecule has 1 aromatic rings. The van der Waals surface area contributed by atoms with Gasteiger partial charge in [-0.3, -0.25) is 4.79 Å².